The van der Waals surface area contributed by atoms with Crippen molar-refractivity contribution in [1.29, 1.82) is 5.26 Å². The zero-order valence-corrected chi connectivity index (χ0v) is 6.54. The van der Waals surface area contributed by atoms with Crippen LogP contribution in [0.1, 0.15) is 11.1 Å². The summed E-state index contributed by atoms with van der Waals surface area (Å²) in [4.78, 5) is 0. The highest BCUT2D eigenvalue weighted by atomic mass is 14.5. The summed E-state index contributed by atoms with van der Waals surface area (Å²) < 4.78 is 0. The predicted molar refractivity (Wildman–Crippen MR) is 47.1 cm³/mol. The first-order valence-corrected chi connectivity index (χ1v) is 3.56. The smallest absolute Gasteiger partial charge is 0.0992 e. The molecule has 0 fully saturated rings. The summed E-state index contributed by atoms with van der Waals surface area (Å²) >= 11 is 0. The largest absolute Gasteiger partial charge is 0.320 e. The van der Waals surface area contributed by atoms with Crippen LogP contribution in [0.3, 0.4) is 0 Å². The maximum atomic E-state index is 8.56. The second-order valence-electron chi connectivity index (χ2n) is 2.20. The molecule has 0 aliphatic rings. The van der Waals surface area contributed by atoms with Crippen LogP contribution in [0.4, 0.5) is 0 Å². The Morgan fingerprint density at radius 3 is 2.75 bits per heavy atom. The highest BCUT2D eigenvalue weighted by Crippen LogP contribution is 2.01. The van der Waals surface area contributed by atoms with Crippen LogP contribution < -0.4 is 5.73 Å². The van der Waals surface area contributed by atoms with Gasteiger partial charge in [-0.25, -0.2) is 0 Å². The molecular formula is C10H8N2. The van der Waals surface area contributed by atoms with Crippen LogP contribution in [0.25, 0.3) is 0 Å². The Morgan fingerprint density at radius 1 is 1.33 bits per heavy atom. The number of hydrogen-bond acceptors (Lipinski definition) is 2. The van der Waals surface area contributed by atoms with Crippen LogP contribution >= 0.6 is 0 Å². The summed E-state index contributed by atoms with van der Waals surface area (Å²) in [6.07, 6.45) is 0. The van der Waals surface area contributed by atoms with Crippen LogP contribution in [0.2, 0.25) is 0 Å². The van der Waals surface area contributed by atoms with Gasteiger partial charge in [-0.15, -0.1) is 0 Å². The van der Waals surface area contributed by atoms with E-state index in [9.17, 15) is 0 Å². The zero-order chi connectivity index (χ0) is 8.81. The van der Waals surface area contributed by atoms with Gasteiger partial charge in [-0.05, 0) is 18.2 Å². The Balaban J connectivity index is 2.96. The Hall–Kier alpha value is -1.77. The molecule has 0 saturated carbocycles. The first kappa shape index (κ1) is 8.33. The average molecular weight is 156 g/mol. The van der Waals surface area contributed by atoms with Gasteiger partial charge < -0.3 is 5.73 Å². The van der Waals surface area contributed by atoms with Gasteiger partial charge in [-0.3, -0.25) is 0 Å². The zero-order valence-electron chi connectivity index (χ0n) is 6.54. The van der Waals surface area contributed by atoms with Gasteiger partial charge >= 0.3 is 0 Å². The lowest BCUT2D eigenvalue weighted by atomic mass is 10.1. The molecule has 2 nitrogen and oxygen atoms in total. The van der Waals surface area contributed by atoms with Crippen molar-refractivity contribution in [2.24, 2.45) is 5.73 Å². The monoisotopic (exact) mass is 156 g/mol. The molecule has 0 amide bonds. The molecule has 1 rings (SSSR count). The maximum Gasteiger partial charge on any atom is 0.0992 e. The third kappa shape index (κ3) is 2.12. The number of nitrogens with two attached hydrogens (primary N) is 1. The summed E-state index contributed by atoms with van der Waals surface area (Å²) in [6.45, 7) is 0.344. The van der Waals surface area contributed by atoms with E-state index in [1.54, 1.807) is 18.2 Å². The lowest BCUT2D eigenvalue weighted by Crippen LogP contribution is -1.93. The molecule has 58 valence electrons. The van der Waals surface area contributed by atoms with Gasteiger partial charge in [0.1, 0.15) is 0 Å². The maximum absolute atomic E-state index is 8.56. The molecule has 0 atom stereocenters. The molecule has 1 aromatic carbocycles. The van der Waals surface area contributed by atoms with E-state index in [0.29, 0.717) is 12.1 Å². The fourth-order valence-electron chi connectivity index (χ4n) is 0.820. The fraction of sp³-hybridized carbons (Fsp3) is 0.100. The van der Waals surface area contributed by atoms with Crippen molar-refractivity contribution in [3.8, 4) is 17.9 Å². The number of benzene rings is 1. The molecule has 0 spiro atoms. The lowest BCUT2D eigenvalue weighted by molar-refractivity contribution is 1.30. The molecule has 0 aromatic heterocycles. The number of nitrogens with zero attached hydrogens (tertiary/aromatic N) is 1. The van der Waals surface area contributed by atoms with Gasteiger partial charge in [-0.1, -0.05) is 17.9 Å². The van der Waals surface area contributed by atoms with E-state index in [1.165, 1.54) is 0 Å². The van der Waals surface area contributed by atoms with E-state index in [1.807, 2.05) is 12.1 Å². The Morgan fingerprint density at radius 2 is 2.08 bits per heavy atom. The van der Waals surface area contributed by atoms with E-state index in [-0.39, 0.29) is 0 Å². The summed E-state index contributed by atoms with van der Waals surface area (Å²) in [6, 6.07) is 9.18. The molecule has 1 aromatic rings. The Bertz CT molecular complexity index is 363. The summed E-state index contributed by atoms with van der Waals surface area (Å²) in [5, 5.41) is 8.56. The van der Waals surface area contributed by atoms with Crippen molar-refractivity contribution in [3.63, 3.8) is 0 Å². The first-order chi connectivity index (χ1) is 5.86. The quantitative estimate of drug-likeness (QED) is 0.566. The van der Waals surface area contributed by atoms with Crippen molar-refractivity contribution in [3.05, 3.63) is 35.4 Å². The van der Waals surface area contributed by atoms with Gasteiger partial charge in [0, 0.05) is 5.56 Å². The van der Waals surface area contributed by atoms with Crippen molar-refractivity contribution >= 4 is 0 Å². The van der Waals surface area contributed by atoms with Gasteiger partial charge in [0.05, 0.1) is 18.2 Å². The third-order valence-electron chi connectivity index (χ3n) is 1.33. The summed E-state index contributed by atoms with van der Waals surface area (Å²) in [5.41, 5.74) is 6.67. The molecular weight excluding hydrogens is 148 g/mol. The molecule has 0 unspecified atom stereocenters. The minimum atomic E-state index is 0.344. The third-order valence-corrected chi connectivity index (χ3v) is 1.33. The van der Waals surface area contributed by atoms with Crippen LogP contribution in [0.5, 0.6) is 0 Å². The molecule has 0 radical (unpaired) electrons. The van der Waals surface area contributed by atoms with Gasteiger partial charge in [0.25, 0.3) is 0 Å². The highest BCUT2D eigenvalue weighted by molar-refractivity contribution is 5.41. The highest BCUT2D eigenvalue weighted by Gasteiger charge is 1.89. The van der Waals surface area contributed by atoms with Crippen molar-refractivity contribution in [2.75, 3.05) is 6.54 Å². The first-order valence-electron chi connectivity index (χ1n) is 3.56. The average Bonchev–Trinajstić information content (AvgIpc) is 2.15. The minimum absolute atomic E-state index is 0.344. The molecule has 0 bridgehead atoms. The molecule has 0 aliphatic carbocycles. The molecule has 2 N–H and O–H groups in total. The van der Waals surface area contributed by atoms with Crippen LogP contribution in [0, 0.1) is 23.2 Å². The molecule has 2 heteroatoms. The van der Waals surface area contributed by atoms with E-state index in [2.05, 4.69) is 11.8 Å². The predicted octanol–water partition coefficient (Wildman–Crippen LogP) is 0.868. The number of hydrogen-bond donors (Lipinski definition) is 1. The molecule has 12 heavy (non-hydrogen) atoms. The Kier molecular flexibility index (Phi) is 2.90. The standard InChI is InChI=1S/C10H8N2/c11-6-2-5-9-3-1-4-10(7-9)8-12/h1,3-4,7H,6,11H2. The second-order valence-corrected chi connectivity index (χ2v) is 2.20. The summed E-state index contributed by atoms with van der Waals surface area (Å²) in [7, 11) is 0. The van der Waals surface area contributed by atoms with Gasteiger partial charge in [0.15, 0.2) is 0 Å². The topological polar surface area (TPSA) is 49.8 Å². The number of rotatable bonds is 0. The van der Waals surface area contributed by atoms with E-state index in [0.717, 1.165) is 5.56 Å². The van der Waals surface area contributed by atoms with E-state index < -0.39 is 0 Å². The molecule has 0 heterocycles. The van der Waals surface area contributed by atoms with Crippen molar-refractivity contribution < 1.29 is 0 Å². The van der Waals surface area contributed by atoms with Crippen molar-refractivity contribution in [2.45, 2.75) is 0 Å². The van der Waals surface area contributed by atoms with Crippen molar-refractivity contribution in [1.82, 2.24) is 0 Å². The van der Waals surface area contributed by atoms with Crippen LogP contribution in [0.15, 0.2) is 24.3 Å². The molecule has 0 aliphatic heterocycles. The SMILES string of the molecule is N#Cc1cccc(C#CCN)c1. The van der Waals surface area contributed by atoms with E-state index in [4.69, 9.17) is 11.0 Å². The molecule has 0 saturated heterocycles. The van der Waals surface area contributed by atoms with Crippen LogP contribution in [-0.4, -0.2) is 6.54 Å². The Labute approximate surface area is 71.6 Å². The lowest BCUT2D eigenvalue weighted by Gasteiger charge is -1.89. The normalized spacial score (nSPS) is 8.00. The minimum Gasteiger partial charge on any atom is -0.320 e. The van der Waals surface area contributed by atoms with Gasteiger partial charge in [0.2, 0.25) is 0 Å². The van der Waals surface area contributed by atoms with Crippen LogP contribution in [-0.2, 0) is 0 Å². The van der Waals surface area contributed by atoms with E-state index >= 15 is 0 Å². The fourth-order valence-corrected chi connectivity index (χ4v) is 0.820. The second kappa shape index (κ2) is 4.18. The number of nitriles is 1. The summed E-state index contributed by atoms with van der Waals surface area (Å²) in [5.74, 6) is 5.58. The van der Waals surface area contributed by atoms with Gasteiger partial charge in [-0.2, -0.15) is 5.26 Å².